The van der Waals surface area contributed by atoms with E-state index in [0.29, 0.717) is 17.2 Å². The van der Waals surface area contributed by atoms with Crippen molar-refractivity contribution in [2.75, 3.05) is 11.5 Å². The van der Waals surface area contributed by atoms with Crippen molar-refractivity contribution in [3.8, 4) is 0 Å². The lowest BCUT2D eigenvalue weighted by atomic mass is 10.1. The van der Waals surface area contributed by atoms with Crippen LogP contribution < -0.4 is 5.73 Å². The van der Waals surface area contributed by atoms with Gasteiger partial charge in [0.1, 0.15) is 11.6 Å². The smallest absolute Gasteiger partial charge is 0.126 e. The summed E-state index contributed by atoms with van der Waals surface area (Å²) in [6, 6.07) is 3.14. The maximum Gasteiger partial charge on any atom is 0.126 e. The van der Waals surface area contributed by atoms with Crippen molar-refractivity contribution in [3.05, 3.63) is 35.4 Å². The first-order valence-electron chi connectivity index (χ1n) is 5.28. The van der Waals surface area contributed by atoms with Gasteiger partial charge in [0.25, 0.3) is 0 Å². The molecule has 0 aliphatic rings. The highest BCUT2D eigenvalue weighted by Gasteiger charge is 2.09. The summed E-state index contributed by atoms with van der Waals surface area (Å²) in [5.41, 5.74) is 6.39. The van der Waals surface area contributed by atoms with Gasteiger partial charge in [0.15, 0.2) is 0 Å². The second-order valence-electron chi connectivity index (χ2n) is 4.24. The van der Waals surface area contributed by atoms with Gasteiger partial charge in [-0.3, -0.25) is 0 Å². The molecule has 0 amide bonds. The standard InChI is InChI=1S/C12H17F2NS/c1-8(2)6-16-7-12(15)9-3-10(13)5-11(14)4-9/h3-5,8,12H,6-7,15H2,1-2H3. The van der Waals surface area contributed by atoms with Crippen LogP contribution in [0.3, 0.4) is 0 Å². The van der Waals surface area contributed by atoms with E-state index < -0.39 is 11.6 Å². The SMILES string of the molecule is CC(C)CSCC(N)c1cc(F)cc(F)c1. The maximum absolute atomic E-state index is 12.9. The Morgan fingerprint density at radius 1 is 1.12 bits per heavy atom. The lowest BCUT2D eigenvalue weighted by Crippen LogP contribution is -2.14. The van der Waals surface area contributed by atoms with Gasteiger partial charge in [0.2, 0.25) is 0 Å². The molecule has 0 fully saturated rings. The number of hydrogen-bond donors (Lipinski definition) is 1. The quantitative estimate of drug-likeness (QED) is 0.861. The highest BCUT2D eigenvalue weighted by molar-refractivity contribution is 7.99. The first-order chi connectivity index (χ1) is 7.49. The van der Waals surface area contributed by atoms with Crippen LogP contribution in [0.5, 0.6) is 0 Å². The van der Waals surface area contributed by atoms with Gasteiger partial charge in [0, 0.05) is 17.9 Å². The predicted molar refractivity (Wildman–Crippen MR) is 65.4 cm³/mol. The molecule has 0 saturated heterocycles. The van der Waals surface area contributed by atoms with Gasteiger partial charge in [-0.25, -0.2) is 8.78 Å². The third-order valence-electron chi connectivity index (χ3n) is 2.06. The number of thioether (sulfide) groups is 1. The maximum atomic E-state index is 12.9. The van der Waals surface area contributed by atoms with Crippen molar-refractivity contribution >= 4 is 11.8 Å². The van der Waals surface area contributed by atoms with Crippen LogP contribution in [0.2, 0.25) is 0 Å². The molecule has 0 aliphatic heterocycles. The van der Waals surface area contributed by atoms with E-state index in [9.17, 15) is 8.78 Å². The van der Waals surface area contributed by atoms with Crippen LogP contribution in [-0.4, -0.2) is 11.5 Å². The molecule has 0 saturated carbocycles. The Hall–Kier alpha value is -0.610. The van der Waals surface area contributed by atoms with Gasteiger partial charge in [0.05, 0.1) is 0 Å². The number of rotatable bonds is 5. The van der Waals surface area contributed by atoms with Crippen molar-refractivity contribution in [3.63, 3.8) is 0 Å². The molecule has 4 heteroatoms. The van der Waals surface area contributed by atoms with Crippen molar-refractivity contribution in [1.82, 2.24) is 0 Å². The van der Waals surface area contributed by atoms with Gasteiger partial charge in [-0.1, -0.05) is 13.8 Å². The van der Waals surface area contributed by atoms with Crippen molar-refractivity contribution in [1.29, 1.82) is 0 Å². The van der Waals surface area contributed by atoms with E-state index in [1.54, 1.807) is 11.8 Å². The minimum absolute atomic E-state index is 0.311. The molecule has 1 rings (SSSR count). The second kappa shape index (κ2) is 6.21. The molecule has 2 N–H and O–H groups in total. The lowest BCUT2D eigenvalue weighted by Gasteiger charge is -2.12. The summed E-state index contributed by atoms with van der Waals surface area (Å²) in [6.45, 7) is 4.25. The first-order valence-corrected chi connectivity index (χ1v) is 6.44. The largest absolute Gasteiger partial charge is 0.323 e. The summed E-state index contributed by atoms with van der Waals surface area (Å²) in [5.74, 6) is 1.15. The third kappa shape index (κ3) is 4.49. The summed E-state index contributed by atoms with van der Waals surface area (Å²) in [5, 5.41) is 0. The molecule has 1 nitrogen and oxygen atoms in total. The fraction of sp³-hybridized carbons (Fsp3) is 0.500. The molecule has 0 spiro atoms. The van der Waals surface area contributed by atoms with Crippen molar-refractivity contribution in [2.45, 2.75) is 19.9 Å². The predicted octanol–water partition coefficient (Wildman–Crippen LogP) is 3.35. The van der Waals surface area contributed by atoms with E-state index >= 15 is 0 Å². The van der Waals surface area contributed by atoms with Crippen LogP contribution >= 0.6 is 11.8 Å². The Kier molecular flexibility index (Phi) is 5.22. The molecular weight excluding hydrogens is 228 g/mol. The molecule has 90 valence electrons. The average Bonchev–Trinajstić information content (AvgIpc) is 2.15. The Bertz CT molecular complexity index is 322. The molecule has 1 atom stereocenters. The van der Waals surface area contributed by atoms with Gasteiger partial charge in [-0.05, 0) is 29.4 Å². The number of benzene rings is 1. The molecular formula is C12H17F2NS. The van der Waals surface area contributed by atoms with Crippen LogP contribution in [0.4, 0.5) is 8.78 Å². The molecule has 16 heavy (non-hydrogen) atoms. The zero-order valence-electron chi connectivity index (χ0n) is 9.54. The third-order valence-corrected chi connectivity index (χ3v) is 3.56. The van der Waals surface area contributed by atoms with E-state index in [0.717, 1.165) is 11.8 Å². The Labute approximate surface area is 99.4 Å². The number of halogens is 2. The fourth-order valence-electron chi connectivity index (χ4n) is 1.32. The highest BCUT2D eigenvalue weighted by atomic mass is 32.2. The van der Waals surface area contributed by atoms with Gasteiger partial charge >= 0.3 is 0 Å². The Morgan fingerprint density at radius 2 is 1.69 bits per heavy atom. The van der Waals surface area contributed by atoms with Crippen LogP contribution in [0.15, 0.2) is 18.2 Å². The zero-order valence-corrected chi connectivity index (χ0v) is 10.4. The first kappa shape index (κ1) is 13.5. The van der Waals surface area contributed by atoms with Crippen LogP contribution in [-0.2, 0) is 0 Å². The monoisotopic (exact) mass is 245 g/mol. The summed E-state index contributed by atoms with van der Waals surface area (Å²) < 4.78 is 25.9. The molecule has 1 unspecified atom stereocenters. The molecule has 0 radical (unpaired) electrons. The molecule has 0 aliphatic carbocycles. The molecule has 0 aromatic heterocycles. The molecule has 0 bridgehead atoms. The summed E-state index contributed by atoms with van der Waals surface area (Å²) in [4.78, 5) is 0. The van der Waals surface area contributed by atoms with E-state index in [1.807, 2.05) is 0 Å². The minimum atomic E-state index is -0.570. The highest BCUT2D eigenvalue weighted by Crippen LogP contribution is 2.19. The molecule has 1 aromatic rings. The van der Waals surface area contributed by atoms with Crippen LogP contribution in [0.1, 0.15) is 25.5 Å². The Morgan fingerprint density at radius 3 is 2.19 bits per heavy atom. The topological polar surface area (TPSA) is 26.0 Å². The van der Waals surface area contributed by atoms with Gasteiger partial charge in [-0.2, -0.15) is 11.8 Å². The second-order valence-corrected chi connectivity index (χ2v) is 5.32. The number of hydrogen-bond acceptors (Lipinski definition) is 2. The number of nitrogens with two attached hydrogens (primary N) is 1. The molecule has 1 aromatic carbocycles. The minimum Gasteiger partial charge on any atom is -0.323 e. The summed E-state index contributed by atoms with van der Waals surface area (Å²) >= 11 is 1.71. The van der Waals surface area contributed by atoms with Crippen LogP contribution in [0.25, 0.3) is 0 Å². The van der Waals surface area contributed by atoms with Crippen molar-refractivity contribution < 1.29 is 8.78 Å². The van der Waals surface area contributed by atoms with Gasteiger partial charge < -0.3 is 5.73 Å². The van der Waals surface area contributed by atoms with Gasteiger partial charge in [-0.15, -0.1) is 0 Å². The Balaban J connectivity index is 2.55. The summed E-state index contributed by atoms with van der Waals surface area (Å²) in [6.07, 6.45) is 0. The van der Waals surface area contributed by atoms with E-state index in [-0.39, 0.29) is 6.04 Å². The zero-order chi connectivity index (χ0) is 12.1. The van der Waals surface area contributed by atoms with Crippen LogP contribution in [0, 0.1) is 17.6 Å². The normalized spacial score (nSPS) is 13.1. The van der Waals surface area contributed by atoms with Crippen molar-refractivity contribution in [2.24, 2.45) is 11.7 Å². The van der Waals surface area contributed by atoms with E-state index in [1.165, 1.54) is 12.1 Å². The fourth-order valence-corrected chi connectivity index (χ4v) is 2.37. The van der Waals surface area contributed by atoms with E-state index in [4.69, 9.17) is 5.73 Å². The van der Waals surface area contributed by atoms with E-state index in [2.05, 4.69) is 13.8 Å². The average molecular weight is 245 g/mol. The molecule has 0 heterocycles. The summed E-state index contributed by atoms with van der Waals surface area (Å²) in [7, 11) is 0. The lowest BCUT2D eigenvalue weighted by molar-refractivity contribution is 0.576.